The summed E-state index contributed by atoms with van der Waals surface area (Å²) in [5.41, 5.74) is 0.690. The van der Waals surface area contributed by atoms with Crippen LogP contribution in [-0.4, -0.2) is 41.6 Å². The zero-order chi connectivity index (χ0) is 13.8. The Balaban J connectivity index is 1.76. The second-order valence-corrected chi connectivity index (χ2v) is 6.24. The Morgan fingerprint density at radius 1 is 1.53 bits per heavy atom. The third-order valence-corrected chi connectivity index (χ3v) is 4.34. The molecular formula is C14H22BrN3O. The Hall–Kier alpha value is -0.810. The Bertz CT molecular complexity index is 438. The minimum absolute atomic E-state index is 0.00646. The van der Waals surface area contributed by atoms with Crippen molar-refractivity contribution >= 4 is 21.8 Å². The topological polar surface area (TPSA) is 37.3 Å². The molecular weight excluding hydrogens is 306 g/mol. The van der Waals surface area contributed by atoms with Gasteiger partial charge >= 0.3 is 0 Å². The highest BCUT2D eigenvalue weighted by Gasteiger charge is 2.19. The lowest BCUT2D eigenvalue weighted by molar-refractivity contribution is 0.0939. The summed E-state index contributed by atoms with van der Waals surface area (Å²) in [6.45, 7) is 1.62. The summed E-state index contributed by atoms with van der Waals surface area (Å²) in [6.07, 6.45) is 7.18. The van der Waals surface area contributed by atoms with Crippen molar-refractivity contribution in [3.05, 3.63) is 22.4 Å². The molecule has 0 aromatic carbocycles. The van der Waals surface area contributed by atoms with Gasteiger partial charge in [0.15, 0.2) is 0 Å². The highest BCUT2D eigenvalue weighted by molar-refractivity contribution is 9.10. The number of aromatic nitrogens is 1. The van der Waals surface area contributed by atoms with Crippen LogP contribution < -0.4 is 5.32 Å². The fraction of sp³-hybridized carbons (Fsp3) is 0.643. The number of hydrogen-bond donors (Lipinski definition) is 1. The van der Waals surface area contributed by atoms with E-state index in [0.717, 1.165) is 11.0 Å². The van der Waals surface area contributed by atoms with Gasteiger partial charge in [-0.25, -0.2) is 0 Å². The molecule has 0 atom stereocenters. The summed E-state index contributed by atoms with van der Waals surface area (Å²) in [4.78, 5) is 14.4. The van der Waals surface area contributed by atoms with Crippen LogP contribution in [0.1, 0.15) is 36.2 Å². The van der Waals surface area contributed by atoms with Gasteiger partial charge in [-0.3, -0.25) is 4.79 Å². The standard InChI is InChI=1S/C14H22BrN3O/c1-17(12-5-3-4-6-12)8-7-16-14(19)13-9-11(15)10-18(13)2/h9-10,12H,3-8H2,1-2H3,(H,16,19). The summed E-state index contributed by atoms with van der Waals surface area (Å²) in [6, 6.07) is 2.55. The van der Waals surface area contributed by atoms with Gasteiger partial charge in [-0.05, 0) is 41.9 Å². The number of nitrogens with zero attached hydrogens (tertiary/aromatic N) is 2. The van der Waals surface area contributed by atoms with E-state index in [4.69, 9.17) is 0 Å². The van der Waals surface area contributed by atoms with Gasteiger partial charge in [0, 0.05) is 36.8 Å². The number of aryl methyl sites for hydroxylation is 1. The fourth-order valence-electron chi connectivity index (χ4n) is 2.71. The van der Waals surface area contributed by atoms with Crippen LogP contribution >= 0.6 is 15.9 Å². The molecule has 106 valence electrons. The molecule has 0 radical (unpaired) electrons. The van der Waals surface area contributed by atoms with Crippen LogP contribution in [0.3, 0.4) is 0 Å². The quantitative estimate of drug-likeness (QED) is 0.901. The molecule has 1 aliphatic rings. The predicted molar refractivity (Wildman–Crippen MR) is 80.3 cm³/mol. The van der Waals surface area contributed by atoms with Crippen molar-refractivity contribution in [3.8, 4) is 0 Å². The molecule has 2 rings (SSSR count). The van der Waals surface area contributed by atoms with Gasteiger partial charge in [0.1, 0.15) is 5.69 Å². The molecule has 0 spiro atoms. The Labute approximate surface area is 123 Å². The van der Waals surface area contributed by atoms with Gasteiger partial charge < -0.3 is 14.8 Å². The maximum Gasteiger partial charge on any atom is 0.267 e. The van der Waals surface area contributed by atoms with Gasteiger partial charge in [0.05, 0.1) is 0 Å². The normalized spacial score (nSPS) is 16.2. The molecule has 19 heavy (non-hydrogen) atoms. The summed E-state index contributed by atoms with van der Waals surface area (Å²) in [7, 11) is 4.03. The average Bonchev–Trinajstić information content (AvgIpc) is 2.98. The van der Waals surface area contributed by atoms with Crippen LogP contribution in [0.25, 0.3) is 0 Å². The van der Waals surface area contributed by atoms with Crippen LogP contribution in [0.5, 0.6) is 0 Å². The summed E-state index contributed by atoms with van der Waals surface area (Å²) < 4.78 is 2.77. The van der Waals surface area contributed by atoms with E-state index in [1.807, 2.05) is 23.9 Å². The van der Waals surface area contributed by atoms with Crippen molar-refractivity contribution in [1.29, 1.82) is 0 Å². The molecule has 1 N–H and O–H groups in total. The van der Waals surface area contributed by atoms with E-state index < -0.39 is 0 Å². The van der Waals surface area contributed by atoms with Crippen molar-refractivity contribution < 1.29 is 4.79 Å². The van der Waals surface area contributed by atoms with Crippen molar-refractivity contribution in [2.75, 3.05) is 20.1 Å². The van der Waals surface area contributed by atoms with E-state index in [-0.39, 0.29) is 5.91 Å². The van der Waals surface area contributed by atoms with Crippen molar-refractivity contribution in [2.24, 2.45) is 7.05 Å². The van der Waals surface area contributed by atoms with E-state index in [1.165, 1.54) is 25.7 Å². The van der Waals surface area contributed by atoms with Gasteiger partial charge in [-0.1, -0.05) is 12.8 Å². The largest absolute Gasteiger partial charge is 0.349 e. The monoisotopic (exact) mass is 327 g/mol. The predicted octanol–water partition coefficient (Wildman–Crippen LogP) is 2.39. The summed E-state index contributed by atoms with van der Waals surface area (Å²) >= 11 is 3.38. The molecule has 0 bridgehead atoms. The molecule has 0 saturated heterocycles. The first-order chi connectivity index (χ1) is 9.08. The first kappa shape index (κ1) is 14.6. The van der Waals surface area contributed by atoms with E-state index in [2.05, 4.69) is 33.2 Å². The highest BCUT2D eigenvalue weighted by atomic mass is 79.9. The lowest BCUT2D eigenvalue weighted by Crippen LogP contribution is -2.37. The van der Waals surface area contributed by atoms with E-state index in [1.54, 1.807) is 0 Å². The van der Waals surface area contributed by atoms with E-state index >= 15 is 0 Å². The lowest BCUT2D eigenvalue weighted by atomic mass is 10.2. The molecule has 0 unspecified atom stereocenters. The van der Waals surface area contributed by atoms with Crippen LogP contribution in [-0.2, 0) is 7.05 Å². The summed E-state index contributed by atoms with van der Waals surface area (Å²) in [5, 5.41) is 2.99. The number of amides is 1. The first-order valence-corrected chi connectivity index (χ1v) is 7.67. The lowest BCUT2D eigenvalue weighted by Gasteiger charge is -2.23. The van der Waals surface area contributed by atoms with E-state index in [0.29, 0.717) is 18.3 Å². The SMILES string of the molecule is CN(CCNC(=O)c1cc(Br)cn1C)C1CCCC1. The van der Waals surface area contributed by atoms with Gasteiger partial charge in [0.2, 0.25) is 0 Å². The minimum Gasteiger partial charge on any atom is -0.349 e. The second kappa shape index (κ2) is 6.57. The van der Waals surface area contributed by atoms with Gasteiger partial charge in [-0.2, -0.15) is 0 Å². The van der Waals surface area contributed by atoms with Crippen LogP contribution in [0.2, 0.25) is 0 Å². The Morgan fingerprint density at radius 2 is 2.21 bits per heavy atom. The molecule has 1 heterocycles. The zero-order valence-corrected chi connectivity index (χ0v) is 13.2. The average molecular weight is 328 g/mol. The molecule has 1 aliphatic carbocycles. The number of carbonyl (C=O) groups excluding carboxylic acids is 1. The number of hydrogen-bond acceptors (Lipinski definition) is 2. The van der Waals surface area contributed by atoms with Crippen molar-refractivity contribution in [1.82, 2.24) is 14.8 Å². The van der Waals surface area contributed by atoms with Crippen LogP contribution in [0.4, 0.5) is 0 Å². The van der Waals surface area contributed by atoms with E-state index in [9.17, 15) is 4.79 Å². The number of likely N-dealkylation sites (N-methyl/N-ethyl adjacent to an activating group) is 1. The summed E-state index contributed by atoms with van der Waals surface area (Å²) in [5.74, 6) is -0.00646. The van der Waals surface area contributed by atoms with Gasteiger partial charge in [0.25, 0.3) is 5.91 Å². The molecule has 4 nitrogen and oxygen atoms in total. The van der Waals surface area contributed by atoms with Gasteiger partial charge in [-0.15, -0.1) is 0 Å². The van der Waals surface area contributed by atoms with Crippen molar-refractivity contribution in [2.45, 2.75) is 31.7 Å². The molecule has 1 aromatic rings. The maximum atomic E-state index is 12.0. The molecule has 1 saturated carbocycles. The molecule has 1 aromatic heterocycles. The number of carbonyl (C=O) groups is 1. The molecule has 0 aliphatic heterocycles. The number of rotatable bonds is 5. The minimum atomic E-state index is -0.00646. The fourth-order valence-corrected chi connectivity index (χ4v) is 3.24. The number of nitrogens with one attached hydrogen (secondary N) is 1. The highest BCUT2D eigenvalue weighted by Crippen LogP contribution is 2.21. The van der Waals surface area contributed by atoms with Crippen LogP contribution in [0, 0.1) is 0 Å². The van der Waals surface area contributed by atoms with Crippen LogP contribution in [0.15, 0.2) is 16.7 Å². The Morgan fingerprint density at radius 3 is 2.79 bits per heavy atom. The zero-order valence-electron chi connectivity index (χ0n) is 11.7. The first-order valence-electron chi connectivity index (χ1n) is 6.88. The third-order valence-electron chi connectivity index (χ3n) is 3.90. The molecule has 1 fully saturated rings. The maximum absolute atomic E-state index is 12.0. The second-order valence-electron chi connectivity index (χ2n) is 5.33. The smallest absolute Gasteiger partial charge is 0.267 e. The third kappa shape index (κ3) is 3.83. The van der Waals surface area contributed by atoms with Crippen molar-refractivity contribution in [3.63, 3.8) is 0 Å². The molecule has 1 amide bonds. The molecule has 5 heteroatoms. The Kier molecular flexibility index (Phi) is 5.05. The number of halogens is 1.